The Balaban J connectivity index is 1.79. The Hall–Kier alpha value is -2.34. The highest BCUT2D eigenvalue weighted by molar-refractivity contribution is 8.00. The molecule has 0 saturated carbocycles. The van der Waals surface area contributed by atoms with Crippen molar-refractivity contribution in [3.63, 3.8) is 0 Å². The minimum absolute atomic E-state index is 0.0153. The molecule has 2 aromatic rings. The second kappa shape index (κ2) is 6.42. The van der Waals surface area contributed by atoms with Crippen LogP contribution in [0.3, 0.4) is 0 Å². The van der Waals surface area contributed by atoms with E-state index in [1.54, 1.807) is 6.07 Å². The minimum atomic E-state index is -0.902. The third-order valence-corrected chi connectivity index (χ3v) is 4.94. The Kier molecular flexibility index (Phi) is 4.34. The van der Waals surface area contributed by atoms with E-state index in [-0.39, 0.29) is 24.7 Å². The van der Waals surface area contributed by atoms with Crippen LogP contribution in [0.25, 0.3) is 10.8 Å². The highest BCUT2D eigenvalue weighted by atomic mass is 32.2. The molecule has 1 aliphatic rings. The van der Waals surface area contributed by atoms with Gasteiger partial charge >= 0.3 is 5.97 Å². The fourth-order valence-electron chi connectivity index (χ4n) is 2.61. The van der Waals surface area contributed by atoms with E-state index >= 15 is 0 Å². The molecule has 2 amide bonds. The number of aliphatic carboxylic acids is 1. The third kappa shape index (κ3) is 3.22. The van der Waals surface area contributed by atoms with Gasteiger partial charge in [0.25, 0.3) is 0 Å². The fourth-order valence-corrected chi connectivity index (χ4v) is 3.70. The van der Waals surface area contributed by atoms with Crippen molar-refractivity contribution in [2.75, 3.05) is 10.7 Å². The van der Waals surface area contributed by atoms with E-state index in [1.165, 1.54) is 16.7 Å². The summed E-state index contributed by atoms with van der Waals surface area (Å²) in [6.45, 7) is 0. The van der Waals surface area contributed by atoms with Crippen LogP contribution in [-0.2, 0) is 14.4 Å². The summed E-state index contributed by atoms with van der Waals surface area (Å²) in [5, 5.41) is 10.2. The molecule has 6 heteroatoms. The van der Waals surface area contributed by atoms with Gasteiger partial charge < -0.3 is 5.11 Å². The number of anilines is 1. The lowest BCUT2D eigenvalue weighted by molar-refractivity contribution is -0.136. The Bertz CT molecular complexity index is 789. The third-order valence-electron chi connectivity index (χ3n) is 3.73. The van der Waals surface area contributed by atoms with Crippen molar-refractivity contribution in [3.05, 3.63) is 42.5 Å². The minimum Gasteiger partial charge on any atom is -0.481 e. The number of rotatable bonds is 5. The SMILES string of the molecule is O=C(O)CCSC1CC(=O)N(c2ccc3ccccc3c2)C1=O. The van der Waals surface area contributed by atoms with Crippen LogP contribution < -0.4 is 4.90 Å². The first kappa shape index (κ1) is 15.6. The first-order valence-corrected chi connectivity index (χ1v) is 8.30. The zero-order valence-electron chi connectivity index (χ0n) is 12.3. The smallest absolute Gasteiger partial charge is 0.304 e. The number of benzene rings is 2. The molecule has 23 heavy (non-hydrogen) atoms. The normalized spacial score (nSPS) is 17.9. The lowest BCUT2D eigenvalue weighted by Gasteiger charge is -2.15. The van der Waals surface area contributed by atoms with Crippen LogP contribution in [-0.4, -0.2) is 33.9 Å². The number of nitrogens with zero attached hydrogens (tertiary/aromatic N) is 1. The van der Waals surface area contributed by atoms with Gasteiger partial charge in [-0.25, -0.2) is 4.90 Å². The number of hydrogen-bond acceptors (Lipinski definition) is 4. The number of thioether (sulfide) groups is 1. The number of carboxylic acid groups (broad SMARTS) is 1. The molecule has 2 aromatic carbocycles. The van der Waals surface area contributed by atoms with E-state index in [2.05, 4.69) is 0 Å². The molecule has 0 aliphatic carbocycles. The second-order valence-corrected chi connectivity index (χ2v) is 6.62. The van der Waals surface area contributed by atoms with Gasteiger partial charge in [-0.1, -0.05) is 30.3 Å². The number of carbonyl (C=O) groups is 3. The van der Waals surface area contributed by atoms with Crippen LogP contribution in [0.1, 0.15) is 12.8 Å². The second-order valence-electron chi connectivity index (χ2n) is 5.31. The van der Waals surface area contributed by atoms with Gasteiger partial charge in [0.1, 0.15) is 0 Å². The monoisotopic (exact) mass is 329 g/mol. The first-order chi connectivity index (χ1) is 11.1. The van der Waals surface area contributed by atoms with E-state index < -0.39 is 11.2 Å². The number of imide groups is 1. The molecule has 1 saturated heterocycles. The standard InChI is InChI=1S/C17H15NO4S/c19-15-10-14(23-8-7-16(20)21)17(22)18(15)13-6-5-11-3-1-2-4-12(11)9-13/h1-6,9,14H,7-8,10H2,(H,20,21). The maximum Gasteiger partial charge on any atom is 0.304 e. The van der Waals surface area contributed by atoms with Crippen LogP contribution in [0, 0.1) is 0 Å². The summed E-state index contributed by atoms with van der Waals surface area (Å²) in [4.78, 5) is 36.4. The van der Waals surface area contributed by atoms with Gasteiger partial charge in [-0.2, -0.15) is 0 Å². The predicted molar refractivity (Wildman–Crippen MR) is 89.6 cm³/mol. The molecular formula is C17H15NO4S. The van der Waals surface area contributed by atoms with Gasteiger partial charge in [-0.05, 0) is 22.9 Å². The number of carboxylic acids is 1. The molecular weight excluding hydrogens is 314 g/mol. The van der Waals surface area contributed by atoms with E-state index in [1.807, 2.05) is 36.4 Å². The van der Waals surface area contributed by atoms with Crippen LogP contribution in [0.4, 0.5) is 5.69 Å². The zero-order chi connectivity index (χ0) is 16.4. The predicted octanol–water partition coefficient (Wildman–Crippen LogP) is 2.68. The van der Waals surface area contributed by atoms with Crippen molar-refractivity contribution in [1.29, 1.82) is 0 Å². The molecule has 1 N–H and O–H groups in total. The van der Waals surface area contributed by atoms with E-state index in [9.17, 15) is 14.4 Å². The molecule has 0 spiro atoms. The fraction of sp³-hybridized carbons (Fsp3) is 0.235. The Morgan fingerprint density at radius 2 is 1.91 bits per heavy atom. The summed E-state index contributed by atoms with van der Waals surface area (Å²) in [5.74, 6) is -1.08. The lowest BCUT2D eigenvalue weighted by atomic mass is 10.1. The van der Waals surface area contributed by atoms with Crippen molar-refractivity contribution >= 4 is 46.0 Å². The number of hydrogen-bond donors (Lipinski definition) is 1. The molecule has 0 bridgehead atoms. The van der Waals surface area contributed by atoms with E-state index in [0.29, 0.717) is 11.4 Å². The largest absolute Gasteiger partial charge is 0.481 e. The first-order valence-electron chi connectivity index (χ1n) is 7.25. The van der Waals surface area contributed by atoms with Gasteiger partial charge in [0.05, 0.1) is 17.4 Å². The van der Waals surface area contributed by atoms with Gasteiger partial charge in [0.15, 0.2) is 0 Å². The molecule has 1 heterocycles. The molecule has 118 valence electrons. The van der Waals surface area contributed by atoms with E-state index in [4.69, 9.17) is 5.11 Å². The maximum atomic E-state index is 12.5. The van der Waals surface area contributed by atoms with Gasteiger partial charge in [0.2, 0.25) is 11.8 Å². The molecule has 1 aliphatic heterocycles. The van der Waals surface area contributed by atoms with Crippen LogP contribution in [0.2, 0.25) is 0 Å². The number of carbonyl (C=O) groups excluding carboxylic acids is 2. The molecule has 0 aromatic heterocycles. The summed E-state index contributed by atoms with van der Waals surface area (Å²) in [6, 6.07) is 13.2. The molecule has 1 fully saturated rings. The number of amides is 2. The van der Waals surface area contributed by atoms with Crippen molar-refractivity contribution in [1.82, 2.24) is 0 Å². The Morgan fingerprint density at radius 3 is 2.65 bits per heavy atom. The highest BCUT2D eigenvalue weighted by Gasteiger charge is 2.39. The van der Waals surface area contributed by atoms with Gasteiger partial charge in [-0.3, -0.25) is 14.4 Å². The maximum absolute atomic E-state index is 12.5. The van der Waals surface area contributed by atoms with Crippen LogP contribution in [0.5, 0.6) is 0 Å². The zero-order valence-corrected chi connectivity index (χ0v) is 13.1. The van der Waals surface area contributed by atoms with Crippen molar-refractivity contribution < 1.29 is 19.5 Å². The Labute approximate surface area is 137 Å². The summed E-state index contributed by atoms with van der Waals surface area (Å²) in [7, 11) is 0. The molecule has 1 unspecified atom stereocenters. The summed E-state index contributed by atoms with van der Waals surface area (Å²) in [6.07, 6.45) is 0.106. The Morgan fingerprint density at radius 1 is 1.17 bits per heavy atom. The summed E-state index contributed by atoms with van der Waals surface area (Å²) in [5.41, 5.74) is 0.569. The van der Waals surface area contributed by atoms with E-state index in [0.717, 1.165) is 10.8 Å². The van der Waals surface area contributed by atoms with Gasteiger partial charge in [-0.15, -0.1) is 11.8 Å². The average molecular weight is 329 g/mol. The van der Waals surface area contributed by atoms with Crippen LogP contribution in [0.15, 0.2) is 42.5 Å². The van der Waals surface area contributed by atoms with Crippen molar-refractivity contribution in [3.8, 4) is 0 Å². The molecule has 3 rings (SSSR count). The van der Waals surface area contributed by atoms with Crippen molar-refractivity contribution in [2.45, 2.75) is 18.1 Å². The topological polar surface area (TPSA) is 74.7 Å². The number of fused-ring (bicyclic) bond motifs is 1. The van der Waals surface area contributed by atoms with Gasteiger partial charge in [0, 0.05) is 12.2 Å². The van der Waals surface area contributed by atoms with Crippen LogP contribution >= 0.6 is 11.8 Å². The lowest BCUT2D eigenvalue weighted by Crippen LogP contribution is -2.31. The van der Waals surface area contributed by atoms with Crippen molar-refractivity contribution in [2.24, 2.45) is 0 Å². The summed E-state index contributed by atoms with van der Waals surface area (Å²) < 4.78 is 0. The average Bonchev–Trinajstić information content (AvgIpc) is 2.81. The molecule has 0 radical (unpaired) electrons. The summed E-state index contributed by atoms with van der Waals surface area (Å²) >= 11 is 1.23. The quantitative estimate of drug-likeness (QED) is 0.854. The molecule has 5 nitrogen and oxygen atoms in total. The molecule has 1 atom stereocenters. The highest BCUT2D eigenvalue weighted by Crippen LogP contribution is 2.31.